The van der Waals surface area contributed by atoms with Crippen LogP contribution in [0.15, 0.2) is 35.2 Å². The molecule has 2 aliphatic rings. The van der Waals surface area contributed by atoms with Crippen molar-refractivity contribution in [1.82, 2.24) is 0 Å². The molecular weight excluding hydrogens is 636 g/mol. The van der Waals surface area contributed by atoms with Crippen LogP contribution in [-0.2, 0) is 42.8 Å². The minimum atomic E-state index is -1.80. The molecule has 0 radical (unpaired) electrons. The summed E-state index contributed by atoms with van der Waals surface area (Å²) in [5.74, 6) is -1.89. The Morgan fingerprint density at radius 1 is 0.660 bits per heavy atom. The van der Waals surface area contributed by atoms with Crippen molar-refractivity contribution >= 4 is 29.7 Å². The second-order valence-corrected chi connectivity index (χ2v) is 16.1. The van der Waals surface area contributed by atoms with E-state index in [0.29, 0.717) is 0 Å². The lowest BCUT2D eigenvalue weighted by Crippen LogP contribution is -2.65. The zero-order chi connectivity index (χ0) is 35.5. The molecule has 4 N–H and O–H groups in total. The van der Waals surface area contributed by atoms with Gasteiger partial charge in [-0.3, -0.25) is 14.4 Å². The van der Waals surface area contributed by atoms with Crippen molar-refractivity contribution in [2.75, 3.05) is 13.2 Å². The van der Waals surface area contributed by atoms with E-state index < -0.39 is 108 Å². The first kappa shape index (κ1) is 39.1. The van der Waals surface area contributed by atoms with Crippen LogP contribution in [0.5, 0.6) is 0 Å². The molecule has 14 heteroatoms. The molecule has 266 valence electrons. The van der Waals surface area contributed by atoms with E-state index in [2.05, 4.69) is 0 Å². The highest BCUT2D eigenvalue weighted by molar-refractivity contribution is 7.99. The number of aliphatic hydroxyl groups is 4. The summed E-state index contributed by atoms with van der Waals surface area (Å²) in [7, 11) is 0. The van der Waals surface area contributed by atoms with Crippen molar-refractivity contribution in [2.45, 2.75) is 128 Å². The fourth-order valence-electron chi connectivity index (χ4n) is 4.43. The van der Waals surface area contributed by atoms with E-state index in [-0.39, 0.29) is 0 Å². The zero-order valence-electron chi connectivity index (χ0n) is 28.4. The fraction of sp³-hybridized carbons (Fsp3) is 0.727. The standard InChI is InChI=1S/C33H50O13S/c1-31(2,3)28(38)41-15-18-20(34)25(46-30(40)33(7,8)9)23(37)26(43-18)45-24-19(16-42-29(39)32(4,5)6)44-27(22(36)21(24)35)47-17-13-11-10-12-14-17/h10-14,18-27,34-37H,15-16H2,1-9H3/t18-,19-,20+,21-,22-,23-,24-,25+,26+,27+/m1/s1. The monoisotopic (exact) mass is 686 g/mol. The quantitative estimate of drug-likeness (QED) is 0.219. The summed E-state index contributed by atoms with van der Waals surface area (Å²) in [6, 6.07) is 9.03. The Balaban J connectivity index is 1.91. The summed E-state index contributed by atoms with van der Waals surface area (Å²) in [5.41, 5.74) is -3.75. The molecule has 2 aliphatic heterocycles. The molecular formula is C33H50O13S. The number of carbonyl (C=O) groups is 3. The number of benzene rings is 1. The van der Waals surface area contributed by atoms with Gasteiger partial charge in [-0.1, -0.05) is 30.0 Å². The molecule has 47 heavy (non-hydrogen) atoms. The number of hydrogen-bond acceptors (Lipinski definition) is 14. The van der Waals surface area contributed by atoms with Crippen molar-refractivity contribution in [1.29, 1.82) is 0 Å². The smallest absolute Gasteiger partial charge is 0.311 e. The highest BCUT2D eigenvalue weighted by atomic mass is 32.2. The van der Waals surface area contributed by atoms with Gasteiger partial charge < -0.3 is 48.8 Å². The molecule has 0 saturated carbocycles. The SMILES string of the molecule is CC(C)(C)C(=O)OC[C@H]1O[C@@H](O[C@H]2[C@H](O)[C@@H](O)[C@H](Sc3ccccc3)O[C@@H]2COC(=O)C(C)(C)C)[C@H](O)[C@@H](OC(=O)C(C)(C)C)[C@H]1O. The zero-order valence-corrected chi connectivity index (χ0v) is 29.3. The molecule has 2 saturated heterocycles. The molecule has 3 rings (SSSR count). The second-order valence-electron chi connectivity index (χ2n) is 14.9. The van der Waals surface area contributed by atoms with E-state index >= 15 is 0 Å². The highest BCUT2D eigenvalue weighted by Gasteiger charge is 2.53. The summed E-state index contributed by atoms with van der Waals surface area (Å²) >= 11 is 1.14. The average Bonchev–Trinajstić information content (AvgIpc) is 2.97. The maximum Gasteiger partial charge on any atom is 0.311 e. The fourth-order valence-corrected chi connectivity index (χ4v) is 5.52. The van der Waals surface area contributed by atoms with Crippen LogP contribution in [0.2, 0.25) is 0 Å². The first-order valence-electron chi connectivity index (χ1n) is 15.6. The molecule has 0 aliphatic carbocycles. The van der Waals surface area contributed by atoms with Gasteiger partial charge in [0.25, 0.3) is 0 Å². The number of rotatable bonds is 9. The van der Waals surface area contributed by atoms with Gasteiger partial charge in [0.05, 0.1) is 16.2 Å². The molecule has 13 nitrogen and oxygen atoms in total. The predicted octanol–water partition coefficient (Wildman–Crippen LogP) is 2.19. The Morgan fingerprint density at radius 3 is 1.68 bits per heavy atom. The van der Waals surface area contributed by atoms with Crippen LogP contribution in [-0.4, -0.2) is 112 Å². The first-order chi connectivity index (χ1) is 21.6. The van der Waals surface area contributed by atoms with E-state index in [1.54, 1.807) is 86.6 Å². The first-order valence-corrected chi connectivity index (χ1v) is 16.4. The Kier molecular flexibility index (Phi) is 12.9. The number of aliphatic hydroxyl groups excluding tert-OH is 4. The lowest BCUT2D eigenvalue weighted by molar-refractivity contribution is -0.340. The van der Waals surface area contributed by atoms with Gasteiger partial charge in [0.2, 0.25) is 0 Å². The summed E-state index contributed by atoms with van der Waals surface area (Å²) in [6.45, 7) is 13.8. The number of hydrogen-bond donors (Lipinski definition) is 4. The van der Waals surface area contributed by atoms with Crippen LogP contribution in [0.1, 0.15) is 62.3 Å². The normalized spacial score (nSPS) is 31.9. The van der Waals surface area contributed by atoms with Crippen molar-refractivity contribution in [3.8, 4) is 0 Å². The molecule has 2 fully saturated rings. The highest BCUT2D eigenvalue weighted by Crippen LogP contribution is 2.37. The van der Waals surface area contributed by atoms with Gasteiger partial charge >= 0.3 is 17.9 Å². The Labute approximate surface area is 280 Å². The van der Waals surface area contributed by atoms with E-state index in [0.717, 1.165) is 16.7 Å². The number of thioether (sulfide) groups is 1. The molecule has 0 amide bonds. The van der Waals surface area contributed by atoms with Gasteiger partial charge in [0.1, 0.15) is 61.4 Å². The van der Waals surface area contributed by atoms with Crippen LogP contribution in [0.3, 0.4) is 0 Å². The molecule has 1 aromatic carbocycles. The van der Waals surface area contributed by atoms with Crippen molar-refractivity contribution in [3.05, 3.63) is 30.3 Å². The maximum absolute atomic E-state index is 12.8. The van der Waals surface area contributed by atoms with Crippen LogP contribution < -0.4 is 0 Å². The average molecular weight is 687 g/mol. The lowest BCUT2D eigenvalue weighted by Gasteiger charge is -2.47. The topological polar surface area (TPSA) is 188 Å². The minimum Gasteiger partial charge on any atom is -0.462 e. The number of carbonyl (C=O) groups excluding carboxylic acids is 3. The van der Waals surface area contributed by atoms with Gasteiger partial charge in [0.15, 0.2) is 12.4 Å². The van der Waals surface area contributed by atoms with E-state index in [4.69, 9.17) is 28.4 Å². The van der Waals surface area contributed by atoms with Crippen LogP contribution in [0, 0.1) is 16.2 Å². The van der Waals surface area contributed by atoms with E-state index in [9.17, 15) is 34.8 Å². The summed E-state index contributed by atoms with van der Waals surface area (Å²) in [5, 5.41) is 44.9. The van der Waals surface area contributed by atoms with Crippen molar-refractivity contribution < 1.29 is 63.2 Å². The third-order valence-corrected chi connectivity index (χ3v) is 8.57. The minimum absolute atomic E-state index is 0.392. The molecule has 1 aromatic rings. The second kappa shape index (κ2) is 15.5. The molecule has 0 bridgehead atoms. The van der Waals surface area contributed by atoms with Crippen LogP contribution in [0.25, 0.3) is 0 Å². The lowest BCUT2D eigenvalue weighted by atomic mass is 9.94. The summed E-state index contributed by atoms with van der Waals surface area (Å²) in [4.78, 5) is 38.7. The van der Waals surface area contributed by atoms with Crippen molar-refractivity contribution in [3.63, 3.8) is 0 Å². The third-order valence-electron chi connectivity index (χ3n) is 7.41. The van der Waals surface area contributed by atoms with Gasteiger partial charge in [-0.05, 0) is 74.4 Å². The number of esters is 3. The Morgan fingerprint density at radius 2 is 1.17 bits per heavy atom. The maximum atomic E-state index is 12.8. The summed E-state index contributed by atoms with van der Waals surface area (Å²) in [6.07, 6.45) is -13.8. The largest absolute Gasteiger partial charge is 0.462 e. The third kappa shape index (κ3) is 10.3. The predicted molar refractivity (Wildman–Crippen MR) is 169 cm³/mol. The molecule has 2 heterocycles. The van der Waals surface area contributed by atoms with E-state index in [1.165, 1.54) is 0 Å². The molecule has 0 unspecified atom stereocenters. The van der Waals surface area contributed by atoms with Gasteiger partial charge in [-0.2, -0.15) is 0 Å². The number of ether oxygens (including phenoxy) is 6. The van der Waals surface area contributed by atoms with E-state index in [1.807, 2.05) is 6.07 Å². The Hall–Kier alpha value is -2.30. The van der Waals surface area contributed by atoms with Crippen molar-refractivity contribution in [2.24, 2.45) is 16.2 Å². The van der Waals surface area contributed by atoms with Gasteiger partial charge in [0, 0.05) is 4.90 Å². The summed E-state index contributed by atoms with van der Waals surface area (Å²) < 4.78 is 34.4. The molecule has 0 spiro atoms. The van der Waals surface area contributed by atoms with Gasteiger partial charge in [-0.15, -0.1) is 0 Å². The Bertz CT molecular complexity index is 1210. The van der Waals surface area contributed by atoms with Crippen LogP contribution >= 0.6 is 11.8 Å². The molecule has 10 atom stereocenters. The van der Waals surface area contributed by atoms with Crippen LogP contribution in [0.4, 0.5) is 0 Å². The molecule has 0 aromatic heterocycles. The van der Waals surface area contributed by atoms with Gasteiger partial charge in [-0.25, -0.2) is 0 Å².